The molecule has 20 heavy (non-hydrogen) atoms. The molecule has 1 aliphatic carbocycles. The normalized spacial score (nSPS) is 36.3. The molecule has 1 rings (SSSR count). The summed E-state index contributed by atoms with van der Waals surface area (Å²) in [5.74, 6) is 1.69. The number of hydrogen-bond donors (Lipinski definition) is 0. The first-order valence-corrected chi connectivity index (χ1v) is 9.04. The van der Waals surface area contributed by atoms with E-state index in [2.05, 4.69) is 55.4 Å². The lowest BCUT2D eigenvalue weighted by molar-refractivity contribution is -0.0120. The van der Waals surface area contributed by atoms with Crippen molar-refractivity contribution in [2.24, 2.45) is 28.1 Å². The van der Waals surface area contributed by atoms with E-state index in [-0.39, 0.29) is 0 Å². The highest BCUT2D eigenvalue weighted by atomic mass is 14.5. The summed E-state index contributed by atoms with van der Waals surface area (Å²) in [5.41, 5.74) is 1.50. The standard InChI is InChI=1S/C20H40/c1-9-17(3)20(8)13-10-12-18(4,5)14-11-16(2)15-19(20,6)7/h16-17H,9-15H2,1-8H3. The highest BCUT2D eigenvalue weighted by molar-refractivity contribution is 4.94. The van der Waals surface area contributed by atoms with E-state index in [0.29, 0.717) is 16.2 Å². The van der Waals surface area contributed by atoms with E-state index in [1.165, 1.54) is 44.9 Å². The second kappa shape index (κ2) is 6.41. The molecular formula is C20H40. The van der Waals surface area contributed by atoms with Gasteiger partial charge in [-0.25, -0.2) is 0 Å². The lowest BCUT2D eigenvalue weighted by Gasteiger charge is -2.51. The van der Waals surface area contributed by atoms with Gasteiger partial charge < -0.3 is 0 Å². The third-order valence-electron chi connectivity index (χ3n) is 6.97. The van der Waals surface area contributed by atoms with E-state index < -0.39 is 0 Å². The molecule has 0 heterocycles. The Labute approximate surface area is 129 Å². The Morgan fingerprint density at radius 3 is 2.15 bits per heavy atom. The first-order valence-electron chi connectivity index (χ1n) is 9.04. The van der Waals surface area contributed by atoms with Crippen LogP contribution in [0.1, 0.15) is 100 Å². The van der Waals surface area contributed by atoms with Crippen LogP contribution in [0.25, 0.3) is 0 Å². The lowest BCUT2D eigenvalue weighted by Crippen LogP contribution is -2.42. The van der Waals surface area contributed by atoms with Crippen LogP contribution in [0.4, 0.5) is 0 Å². The zero-order chi connectivity index (χ0) is 15.6. The van der Waals surface area contributed by atoms with Crippen LogP contribution in [0.3, 0.4) is 0 Å². The van der Waals surface area contributed by atoms with Gasteiger partial charge in [0.05, 0.1) is 0 Å². The van der Waals surface area contributed by atoms with Gasteiger partial charge in [-0.3, -0.25) is 0 Å². The van der Waals surface area contributed by atoms with Crippen molar-refractivity contribution in [3.05, 3.63) is 0 Å². The van der Waals surface area contributed by atoms with E-state index >= 15 is 0 Å². The smallest absolute Gasteiger partial charge is 0.0249 e. The summed E-state index contributed by atoms with van der Waals surface area (Å²) < 4.78 is 0. The maximum Gasteiger partial charge on any atom is -0.0249 e. The Morgan fingerprint density at radius 1 is 1.00 bits per heavy atom. The van der Waals surface area contributed by atoms with Gasteiger partial charge in [-0.05, 0) is 53.8 Å². The molecule has 3 atom stereocenters. The Balaban J connectivity index is 3.01. The molecule has 0 saturated heterocycles. The molecule has 1 saturated carbocycles. The van der Waals surface area contributed by atoms with E-state index in [1.54, 1.807) is 0 Å². The van der Waals surface area contributed by atoms with Crippen molar-refractivity contribution in [1.82, 2.24) is 0 Å². The summed E-state index contributed by atoms with van der Waals surface area (Å²) in [7, 11) is 0. The summed E-state index contributed by atoms with van der Waals surface area (Å²) in [6.45, 7) is 20.0. The van der Waals surface area contributed by atoms with E-state index in [4.69, 9.17) is 0 Å². The molecule has 0 aromatic rings. The molecule has 0 N–H and O–H groups in total. The maximum atomic E-state index is 2.59. The van der Waals surface area contributed by atoms with Gasteiger partial charge in [0.25, 0.3) is 0 Å². The van der Waals surface area contributed by atoms with Crippen molar-refractivity contribution < 1.29 is 0 Å². The Morgan fingerprint density at radius 2 is 1.60 bits per heavy atom. The Hall–Kier alpha value is 0. The van der Waals surface area contributed by atoms with Gasteiger partial charge in [0.1, 0.15) is 0 Å². The molecule has 0 aromatic heterocycles. The Kier molecular flexibility index (Phi) is 5.78. The van der Waals surface area contributed by atoms with Gasteiger partial charge in [0.2, 0.25) is 0 Å². The fraction of sp³-hybridized carbons (Fsp3) is 1.00. The predicted molar refractivity (Wildman–Crippen MR) is 92.0 cm³/mol. The van der Waals surface area contributed by atoms with Crippen LogP contribution in [0.2, 0.25) is 0 Å². The molecule has 0 radical (unpaired) electrons. The highest BCUT2D eigenvalue weighted by Crippen LogP contribution is 2.54. The van der Waals surface area contributed by atoms with E-state index in [0.717, 1.165) is 11.8 Å². The predicted octanol–water partition coefficient (Wildman–Crippen LogP) is 7.08. The molecule has 120 valence electrons. The second-order valence-electron chi connectivity index (χ2n) is 9.48. The first kappa shape index (κ1) is 18.1. The molecule has 0 bridgehead atoms. The zero-order valence-electron chi connectivity index (χ0n) is 15.6. The fourth-order valence-corrected chi connectivity index (χ4v) is 4.61. The molecule has 0 aliphatic heterocycles. The summed E-state index contributed by atoms with van der Waals surface area (Å²) in [4.78, 5) is 0. The average Bonchev–Trinajstić information content (AvgIpc) is 2.33. The monoisotopic (exact) mass is 280 g/mol. The van der Waals surface area contributed by atoms with Gasteiger partial charge in [-0.2, -0.15) is 0 Å². The van der Waals surface area contributed by atoms with Crippen LogP contribution in [-0.2, 0) is 0 Å². The lowest BCUT2D eigenvalue weighted by atomic mass is 9.54. The first-order chi connectivity index (χ1) is 9.04. The van der Waals surface area contributed by atoms with Gasteiger partial charge in [0.15, 0.2) is 0 Å². The van der Waals surface area contributed by atoms with E-state index in [9.17, 15) is 0 Å². The van der Waals surface area contributed by atoms with Crippen LogP contribution < -0.4 is 0 Å². The van der Waals surface area contributed by atoms with Crippen LogP contribution in [0, 0.1) is 28.1 Å². The van der Waals surface area contributed by atoms with Crippen LogP contribution in [0.5, 0.6) is 0 Å². The van der Waals surface area contributed by atoms with Crippen LogP contribution >= 0.6 is 0 Å². The molecule has 0 spiro atoms. The second-order valence-corrected chi connectivity index (χ2v) is 9.48. The van der Waals surface area contributed by atoms with Crippen molar-refractivity contribution in [3.8, 4) is 0 Å². The molecule has 0 nitrogen and oxygen atoms in total. The van der Waals surface area contributed by atoms with Crippen molar-refractivity contribution in [3.63, 3.8) is 0 Å². The van der Waals surface area contributed by atoms with Crippen molar-refractivity contribution in [2.45, 2.75) is 100 Å². The van der Waals surface area contributed by atoms with Gasteiger partial charge in [-0.15, -0.1) is 0 Å². The van der Waals surface area contributed by atoms with Crippen molar-refractivity contribution in [2.75, 3.05) is 0 Å². The van der Waals surface area contributed by atoms with Crippen molar-refractivity contribution >= 4 is 0 Å². The summed E-state index contributed by atoms with van der Waals surface area (Å²) in [6, 6.07) is 0. The number of rotatable bonds is 2. The van der Waals surface area contributed by atoms with Crippen molar-refractivity contribution in [1.29, 1.82) is 0 Å². The highest BCUT2D eigenvalue weighted by Gasteiger charge is 2.44. The minimum absolute atomic E-state index is 0.462. The third-order valence-corrected chi connectivity index (χ3v) is 6.97. The van der Waals surface area contributed by atoms with Crippen LogP contribution in [-0.4, -0.2) is 0 Å². The maximum absolute atomic E-state index is 2.59. The molecule has 0 amide bonds. The SMILES string of the molecule is CCC(C)C1(C)CCCC(C)(C)CCC(C)CC1(C)C. The summed E-state index contributed by atoms with van der Waals surface area (Å²) in [6.07, 6.45) is 9.75. The molecule has 0 heteroatoms. The molecule has 3 unspecified atom stereocenters. The molecular weight excluding hydrogens is 240 g/mol. The largest absolute Gasteiger partial charge is 0.0651 e. The summed E-state index contributed by atoms with van der Waals surface area (Å²) >= 11 is 0. The molecule has 1 aliphatic rings. The topological polar surface area (TPSA) is 0 Å². The quantitative estimate of drug-likeness (QED) is 0.507. The van der Waals surface area contributed by atoms with E-state index in [1.807, 2.05) is 0 Å². The van der Waals surface area contributed by atoms with Gasteiger partial charge >= 0.3 is 0 Å². The number of hydrogen-bond acceptors (Lipinski definition) is 0. The fourth-order valence-electron chi connectivity index (χ4n) is 4.61. The average molecular weight is 281 g/mol. The molecule has 0 aromatic carbocycles. The minimum Gasteiger partial charge on any atom is -0.0651 e. The zero-order valence-corrected chi connectivity index (χ0v) is 15.6. The van der Waals surface area contributed by atoms with Gasteiger partial charge in [-0.1, -0.05) is 74.7 Å². The summed E-state index contributed by atoms with van der Waals surface area (Å²) in [5, 5.41) is 0. The van der Waals surface area contributed by atoms with Crippen LogP contribution in [0.15, 0.2) is 0 Å². The van der Waals surface area contributed by atoms with Gasteiger partial charge in [0, 0.05) is 0 Å². The Bertz CT molecular complexity index is 299. The minimum atomic E-state index is 0.462. The third kappa shape index (κ3) is 4.01. The molecule has 1 fully saturated rings.